The molecule has 21 heavy (non-hydrogen) atoms. The molecule has 2 saturated heterocycles. The highest BCUT2D eigenvalue weighted by molar-refractivity contribution is 7.88. The van der Waals surface area contributed by atoms with Gasteiger partial charge in [-0.05, 0) is 38.1 Å². The second-order valence-corrected chi connectivity index (χ2v) is 8.35. The first-order valence-electron chi connectivity index (χ1n) is 7.77. The summed E-state index contributed by atoms with van der Waals surface area (Å²) >= 11 is 0. The van der Waals surface area contributed by atoms with Gasteiger partial charge in [-0.2, -0.15) is 0 Å². The molecule has 2 aliphatic rings. The molecule has 2 aliphatic heterocycles. The molecule has 0 spiro atoms. The van der Waals surface area contributed by atoms with Gasteiger partial charge in [0.15, 0.2) is 0 Å². The van der Waals surface area contributed by atoms with Crippen molar-refractivity contribution in [1.82, 2.24) is 9.21 Å². The number of nitrogens with zero attached hydrogens (tertiary/aromatic N) is 2. The van der Waals surface area contributed by atoms with Crippen LogP contribution < -0.4 is 0 Å². The van der Waals surface area contributed by atoms with E-state index < -0.39 is 16.0 Å². The number of piperidine rings is 2. The van der Waals surface area contributed by atoms with Gasteiger partial charge in [-0.3, -0.25) is 9.69 Å². The van der Waals surface area contributed by atoms with E-state index in [1.165, 1.54) is 6.26 Å². The maximum atomic E-state index is 11.7. The van der Waals surface area contributed by atoms with Crippen LogP contribution >= 0.6 is 0 Å². The molecule has 0 aromatic carbocycles. The molecule has 1 N–H and O–H groups in total. The minimum atomic E-state index is -3.11. The fourth-order valence-electron chi connectivity index (χ4n) is 3.54. The molecule has 0 radical (unpaired) electrons. The number of sulfonamides is 1. The predicted octanol–water partition coefficient (Wildman–Crippen LogP) is 0.987. The van der Waals surface area contributed by atoms with E-state index in [1.807, 2.05) is 0 Å². The van der Waals surface area contributed by atoms with Crippen LogP contribution in [-0.4, -0.2) is 67.2 Å². The Labute approximate surface area is 127 Å². The molecular formula is C14H26N2O4S. The van der Waals surface area contributed by atoms with Gasteiger partial charge in [0.1, 0.15) is 0 Å². The Hall–Kier alpha value is -0.660. The van der Waals surface area contributed by atoms with Crippen molar-refractivity contribution in [2.45, 2.75) is 44.6 Å². The van der Waals surface area contributed by atoms with Crippen molar-refractivity contribution in [3.63, 3.8) is 0 Å². The number of carboxylic acids is 1. The largest absolute Gasteiger partial charge is 0.481 e. The summed E-state index contributed by atoms with van der Waals surface area (Å²) in [6, 6.07) is 0.116. The van der Waals surface area contributed by atoms with Gasteiger partial charge >= 0.3 is 5.97 Å². The van der Waals surface area contributed by atoms with Crippen molar-refractivity contribution >= 4 is 16.0 Å². The molecule has 0 saturated carbocycles. The summed E-state index contributed by atoms with van der Waals surface area (Å²) in [5, 5.41) is 9.02. The van der Waals surface area contributed by atoms with Crippen molar-refractivity contribution in [1.29, 1.82) is 0 Å². The van der Waals surface area contributed by atoms with Crippen molar-refractivity contribution < 1.29 is 18.3 Å². The lowest BCUT2D eigenvalue weighted by atomic mass is 9.94. The number of rotatable bonds is 5. The van der Waals surface area contributed by atoms with Crippen molar-refractivity contribution in [3.8, 4) is 0 Å². The quantitative estimate of drug-likeness (QED) is 0.818. The molecule has 2 unspecified atom stereocenters. The standard InChI is InChI=1S/C14H26N2O4S/c1-21(19,20)16-8-4-5-12(11-16)10-15-7-3-2-6-13(15)9-14(17)18/h12-13H,2-11H2,1H3,(H,17,18). The summed E-state index contributed by atoms with van der Waals surface area (Å²) in [6.07, 6.45) is 6.53. The van der Waals surface area contributed by atoms with Crippen molar-refractivity contribution in [3.05, 3.63) is 0 Å². The third kappa shape index (κ3) is 4.93. The van der Waals surface area contributed by atoms with E-state index in [-0.39, 0.29) is 12.5 Å². The van der Waals surface area contributed by atoms with Gasteiger partial charge in [-0.1, -0.05) is 6.42 Å². The lowest BCUT2D eigenvalue weighted by Crippen LogP contribution is -2.47. The second kappa shape index (κ2) is 7.07. The molecule has 2 rings (SSSR count). The lowest BCUT2D eigenvalue weighted by Gasteiger charge is -2.39. The maximum absolute atomic E-state index is 11.7. The van der Waals surface area contributed by atoms with Gasteiger partial charge in [0.2, 0.25) is 10.0 Å². The molecule has 0 aliphatic carbocycles. The third-order valence-electron chi connectivity index (χ3n) is 4.60. The normalized spacial score (nSPS) is 29.4. The van der Waals surface area contributed by atoms with Crippen LogP contribution in [0.25, 0.3) is 0 Å². The summed E-state index contributed by atoms with van der Waals surface area (Å²) in [5.41, 5.74) is 0. The SMILES string of the molecule is CS(=O)(=O)N1CCCC(CN2CCCCC2CC(=O)O)C1. The molecule has 122 valence electrons. The van der Waals surface area contributed by atoms with Crippen LogP contribution in [0.15, 0.2) is 0 Å². The van der Waals surface area contributed by atoms with Crippen LogP contribution in [-0.2, 0) is 14.8 Å². The number of hydrogen-bond donors (Lipinski definition) is 1. The van der Waals surface area contributed by atoms with E-state index in [9.17, 15) is 13.2 Å². The first kappa shape index (κ1) is 16.7. The number of carboxylic acid groups (broad SMARTS) is 1. The van der Waals surface area contributed by atoms with Crippen LogP contribution in [0.4, 0.5) is 0 Å². The Bertz CT molecular complexity index is 466. The van der Waals surface area contributed by atoms with E-state index in [4.69, 9.17) is 5.11 Å². The van der Waals surface area contributed by atoms with Crippen molar-refractivity contribution in [2.75, 3.05) is 32.4 Å². The Kier molecular flexibility index (Phi) is 5.62. The Balaban J connectivity index is 1.93. The number of carbonyl (C=O) groups is 1. The molecule has 6 nitrogen and oxygen atoms in total. The monoisotopic (exact) mass is 318 g/mol. The molecule has 0 bridgehead atoms. The summed E-state index contributed by atoms with van der Waals surface area (Å²) in [4.78, 5) is 13.2. The Morgan fingerprint density at radius 3 is 2.62 bits per heavy atom. The molecule has 2 atom stereocenters. The Morgan fingerprint density at radius 2 is 1.95 bits per heavy atom. The van der Waals surface area contributed by atoms with Gasteiger partial charge in [0.05, 0.1) is 12.7 Å². The molecule has 0 amide bonds. The topological polar surface area (TPSA) is 77.9 Å². The number of aliphatic carboxylic acids is 1. The fourth-order valence-corrected chi connectivity index (χ4v) is 4.48. The van der Waals surface area contributed by atoms with Gasteiger partial charge in [0, 0.05) is 25.7 Å². The highest BCUT2D eigenvalue weighted by Gasteiger charge is 2.30. The molecule has 0 aromatic rings. The van der Waals surface area contributed by atoms with E-state index in [1.54, 1.807) is 4.31 Å². The zero-order valence-corrected chi connectivity index (χ0v) is 13.5. The van der Waals surface area contributed by atoms with E-state index >= 15 is 0 Å². The smallest absolute Gasteiger partial charge is 0.304 e. The van der Waals surface area contributed by atoms with E-state index in [0.717, 1.165) is 45.2 Å². The van der Waals surface area contributed by atoms with Crippen LogP contribution in [0.1, 0.15) is 38.5 Å². The first-order chi connectivity index (χ1) is 9.86. The van der Waals surface area contributed by atoms with Gasteiger partial charge in [-0.25, -0.2) is 12.7 Å². The first-order valence-corrected chi connectivity index (χ1v) is 9.62. The average molecular weight is 318 g/mol. The highest BCUT2D eigenvalue weighted by Crippen LogP contribution is 2.25. The molecular weight excluding hydrogens is 292 g/mol. The molecule has 2 fully saturated rings. The van der Waals surface area contributed by atoms with Crippen LogP contribution in [0.2, 0.25) is 0 Å². The van der Waals surface area contributed by atoms with Crippen LogP contribution in [0.5, 0.6) is 0 Å². The summed E-state index contributed by atoms with van der Waals surface area (Å²) < 4.78 is 24.9. The van der Waals surface area contributed by atoms with Crippen LogP contribution in [0, 0.1) is 5.92 Å². The number of likely N-dealkylation sites (tertiary alicyclic amines) is 1. The molecule has 7 heteroatoms. The number of hydrogen-bond acceptors (Lipinski definition) is 4. The predicted molar refractivity (Wildman–Crippen MR) is 80.6 cm³/mol. The van der Waals surface area contributed by atoms with Gasteiger partial charge < -0.3 is 5.11 Å². The zero-order valence-electron chi connectivity index (χ0n) is 12.7. The van der Waals surface area contributed by atoms with E-state index in [0.29, 0.717) is 19.0 Å². The second-order valence-electron chi connectivity index (χ2n) is 6.37. The summed E-state index contributed by atoms with van der Waals surface area (Å²) in [6.45, 7) is 2.96. The molecule has 0 aromatic heterocycles. The van der Waals surface area contributed by atoms with E-state index in [2.05, 4.69) is 4.90 Å². The lowest BCUT2D eigenvalue weighted by molar-refractivity contribution is -0.138. The minimum Gasteiger partial charge on any atom is -0.481 e. The maximum Gasteiger partial charge on any atom is 0.304 e. The van der Waals surface area contributed by atoms with Crippen LogP contribution in [0.3, 0.4) is 0 Å². The summed E-state index contributed by atoms with van der Waals surface area (Å²) in [7, 11) is -3.11. The van der Waals surface area contributed by atoms with Crippen molar-refractivity contribution in [2.24, 2.45) is 5.92 Å². The zero-order chi connectivity index (χ0) is 15.5. The van der Waals surface area contributed by atoms with Gasteiger partial charge in [-0.15, -0.1) is 0 Å². The molecule has 2 heterocycles. The van der Waals surface area contributed by atoms with Gasteiger partial charge in [0.25, 0.3) is 0 Å². The third-order valence-corrected chi connectivity index (χ3v) is 5.87. The fraction of sp³-hybridized carbons (Fsp3) is 0.929. The summed E-state index contributed by atoms with van der Waals surface area (Å²) in [5.74, 6) is -0.420. The Morgan fingerprint density at radius 1 is 1.19 bits per heavy atom. The average Bonchev–Trinajstić information content (AvgIpc) is 2.40. The highest BCUT2D eigenvalue weighted by atomic mass is 32.2. The minimum absolute atomic E-state index is 0.116.